The summed E-state index contributed by atoms with van der Waals surface area (Å²) in [7, 11) is 0. The van der Waals surface area contributed by atoms with Gasteiger partial charge in [-0.25, -0.2) is 0 Å². The van der Waals surface area contributed by atoms with Crippen molar-refractivity contribution in [1.82, 2.24) is 0 Å². The number of benzene rings is 1. The summed E-state index contributed by atoms with van der Waals surface area (Å²) in [5.74, 6) is -0.280. The third-order valence-corrected chi connectivity index (χ3v) is 5.24. The summed E-state index contributed by atoms with van der Waals surface area (Å²) in [6, 6.07) is 4.70. The number of rotatable bonds is 6. The molecule has 3 N–H and O–H groups in total. The third kappa shape index (κ3) is 4.51. The van der Waals surface area contributed by atoms with Crippen molar-refractivity contribution in [3.8, 4) is 0 Å². The summed E-state index contributed by atoms with van der Waals surface area (Å²) in [4.78, 5) is 11.0. The topological polar surface area (TPSA) is 95.9 Å². The zero-order chi connectivity index (χ0) is 14.5. The van der Waals surface area contributed by atoms with Gasteiger partial charge in [-0.1, -0.05) is 0 Å². The van der Waals surface area contributed by atoms with Crippen LogP contribution in [0.1, 0.15) is 32.3 Å². The van der Waals surface area contributed by atoms with Crippen molar-refractivity contribution in [1.29, 1.82) is 0 Å². The molecule has 0 aliphatic heterocycles. The zero-order valence-corrected chi connectivity index (χ0v) is 12.8. The summed E-state index contributed by atoms with van der Waals surface area (Å²) in [5, 5.41) is 11.1. The summed E-state index contributed by atoms with van der Waals surface area (Å²) >= 11 is -4.94. The third-order valence-electron chi connectivity index (χ3n) is 2.62. The van der Waals surface area contributed by atoms with Crippen molar-refractivity contribution in [3.05, 3.63) is 23.8 Å². The van der Waals surface area contributed by atoms with E-state index in [0.29, 0.717) is 17.7 Å². The Kier molecular flexibility index (Phi) is 5.81. The second kappa shape index (κ2) is 6.91. The van der Waals surface area contributed by atoms with Gasteiger partial charge in [-0.2, -0.15) is 0 Å². The van der Waals surface area contributed by atoms with Crippen LogP contribution in [0.4, 0.5) is 5.69 Å². The second-order valence-electron chi connectivity index (χ2n) is 4.23. The van der Waals surface area contributed by atoms with Crippen molar-refractivity contribution in [2.45, 2.75) is 33.1 Å². The molecule has 7 heteroatoms. The molecule has 1 unspecified atom stereocenters. The Morgan fingerprint density at radius 3 is 2.68 bits per heavy atom. The Morgan fingerprint density at radius 2 is 2.16 bits per heavy atom. The van der Waals surface area contributed by atoms with Crippen LogP contribution in [-0.2, 0) is 18.8 Å². The molecule has 1 atom stereocenters. The van der Waals surface area contributed by atoms with E-state index in [4.69, 9.17) is 5.26 Å². The van der Waals surface area contributed by atoms with Crippen LogP contribution in [0, 0.1) is 0 Å². The number of aryl methyl sites for hydroxylation is 1. The summed E-state index contributed by atoms with van der Waals surface area (Å²) in [5.41, 5.74) is 1.05. The van der Waals surface area contributed by atoms with E-state index >= 15 is 0 Å². The fourth-order valence-corrected chi connectivity index (χ4v) is 3.70. The van der Waals surface area contributed by atoms with Crippen molar-refractivity contribution in [3.63, 3.8) is 0 Å². The first-order valence-corrected chi connectivity index (χ1v) is 9.28. The molecule has 0 heterocycles. The molecule has 0 bridgehead atoms. The second-order valence-corrected chi connectivity index (χ2v) is 7.77. The molecule has 1 aromatic carbocycles. The first-order chi connectivity index (χ1) is 8.90. The fraction of sp³-hybridized carbons (Fsp3) is 0.417. The van der Waals surface area contributed by atoms with Gasteiger partial charge >= 0.3 is 114 Å². The summed E-state index contributed by atoms with van der Waals surface area (Å²) in [6.07, 6.45) is 2.41. The first-order valence-electron chi connectivity index (χ1n) is 5.97. The number of carbonyl (C=O) groups is 1. The Balaban J connectivity index is 3.18. The average molecular weight is 331 g/mol. The van der Waals surface area contributed by atoms with Crippen molar-refractivity contribution < 1.29 is 21.8 Å². The summed E-state index contributed by atoms with van der Waals surface area (Å²) < 4.78 is 25.3. The summed E-state index contributed by atoms with van der Waals surface area (Å²) in [6.45, 7) is 3.36. The zero-order valence-electron chi connectivity index (χ0n) is 10.9. The minimum absolute atomic E-state index is 0.0697. The van der Waals surface area contributed by atoms with Crippen LogP contribution in [0.5, 0.6) is 0 Å². The molecule has 1 aromatic rings. The van der Waals surface area contributed by atoms with E-state index in [9.17, 15) is 12.6 Å². The number of anilines is 1. The number of carbonyl (C=O) groups excluding carboxylic acids is 1. The van der Waals surface area contributed by atoms with Crippen LogP contribution < -0.4 is 9.67 Å². The van der Waals surface area contributed by atoms with Gasteiger partial charge in [-0.15, -0.1) is 0 Å². The van der Waals surface area contributed by atoms with Gasteiger partial charge in [-0.05, 0) is 0 Å². The van der Waals surface area contributed by atoms with Crippen LogP contribution in [0.3, 0.4) is 0 Å². The molecule has 0 saturated carbocycles. The number of hydrogen-bond donors (Lipinski definition) is 3. The van der Waals surface area contributed by atoms with E-state index in [-0.39, 0.29) is 10.3 Å². The predicted octanol–water partition coefficient (Wildman–Crippen LogP) is 1.05. The molecule has 6 nitrogen and oxygen atoms in total. The number of unbranched alkanes of at least 4 members (excludes halogenated alkanes) is 1. The molecule has 0 radical (unpaired) electrons. The standard InChI is InChI=1S/C12H18AsNO5/c1-3-4-5-10-6-7-11(14-9(2)15)8-12(10)13(16,17)19-18/h6-8,18H,3-5H2,1-2H3,(H,14,15)(H,16,17). The molecule has 106 valence electrons. The van der Waals surface area contributed by atoms with Crippen LogP contribution in [0.15, 0.2) is 18.2 Å². The molecule has 1 amide bonds. The van der Waals surface area contributed by atoms with Gasteiger partial charge in [0.1, 0.15) is 0 Å². The Morgan fingerprint density at radius 1 is 1.47 bits per heavy atom. The average Bonchev–Trinajstić information content (AvgIpc) is 2.36. The van der Waals surface area contributed by atoms with E-state index in [0.717, 1.165) is 12.8 Å². The van der Waals surface area contributed by atoms with Gasteiger partial charge in [0, 0.05) is 0 Å². The van der Waals surface area contributed by atoms with Gasteiger partial charge in [0.2, 0.25) is 0 Å². The van der Waals surface area contributed by atoms with E-state index in [1.54, 1.807) is 12.1 Å². The minimum atomic E-state index is -4.94. The van der Waals surface area contributed by atoms with Crippen LogP contribution in [0.2, 0.25) is 0 Å². The molecule has 0 aliphatic rings. The van der Waals surface area contributed by atoms with E-state index in [1.807, 2.05) is 6.92 Å². The maximum absolute atomic E-state index is 11.8. The van der Waals surface area contributed by atoms with Crippen molar-refractivity contribution >= 4 is 30.1 Å². The fourth-order valence-electron chi connectivity index (χ4n) is 1.73. The van der Waals surface area contributed by atoms with E-state index in [2.05, 4.69) is 9.19 Å². The van der Waals surface area contributed by atoms with Gasteiger partial charge in [0.05, 0.1) is 0 Å². The number of hydrogen-bond acceptors (Lipinski definition) is 4. The first kappa shape index (κ1) is 16.0. The van der Waals surface area contributed by atoms with Gasteiger partial charge in [0.15, 0.2) is 0 Å². The predicted molar refractivity (Wildman–Crippen MR) is 71.4 cm³/mol. The molecule has 0 spiro atoms. The van der Waals surface area contributed by atoms with Crippen LogP contribution in [-0.4, -0.2) is 29.4 Å². The molecular formula is C12H18AsNO5. The Labute approximate surface area is 114 Å². The van der Waals surface area contributed by atoms with Crippen LogP contribution in [0.25, 0.3) is 0 Å². The molecule has 19 heavy (non-hydrogen) atoms. The monoisotopic (exact) mass is 331 g/mol. The van der Waals surface area contributed by atoms with Crippen molar-refractivity contribution in [2.24, 2.45) is 0 Å². The van der Waals surface area contributed by atoms with Gasteiger partial charge in [-0.3, -0.25) is 0 Å². The molecule has 0 fully saturated rings. The SMILES string of the molecule is CCCCc1ccc(NC(C)=O)cc1[As](=O)(O)OO. The molecule has 1 rings (SSSR count). The number of nitrogens with one attached hydrogen (secondary N) is 1. The number of amides is 1. The Hall–Kier alpha value is -1.07. The van der Waals surface area contributed by atoms with Gasteiger partial charge in [0.25, 0.3) is 0 Å². The molecule has 0 aliphatic carbocycles. The molecule has 0 saturated heterocycles. The molecule has 0 aromatic heterocycles. The normalized spacial score (nSPS) is 13.9. The quantitative estimate of drug-likeness (QED) is 0.411. The van der Waals surface area contributed by atoms with Crippen molar-refractivity contribution in [2.75, 3.05) is 5.32 Å². The van der Waals surface area contributed by atoms with E-state index < -0.39 is 14.2 Å². The molecular weight excluding hydrogens is 313 g/mol. The van der Waals surface area contributed by atoms with Crippen LogP contribution >= 0.6 is 0 Å². The Bertz CT molecular complexity index is 503. The maximum atomic E-state index is 11.8. The van der Waals surface area contributed by atoms with E-state index in [1.165, 1.54) is 13.0 Å². The van der Waals surface area contributed by atoms with Gasteiger partial charge < -0.3 is 0 Å².